The number of amides is 1. The number of carbonyl (C=O) groups is 1. The molecular formula is C13H19ClN2O3S. The minimum absolute atomic E-state index is 0.0690. The predicted molar refractivity (Wildman–Crippen MR) is 80.3 cm³/mol. The van der Waals surface area contributed by atoms with Crippen LogP contribution in [0.25, 0.3) is 0 Å². The lowest BCUT2D eigenvalue weighted by atomic mass is 10.0. The third-order valence-corrected chi connectivity index (χ3v) is 4.38. The zero-order chi connectivity index (χ0) is 15.5. The fourth-order valence-electron chi connectivity index (χ4n) is 1.92. The fraction of sp³-hybridized carbons (Fsp3) is 0.462. The number of halogens is 1. The maximum Gasteiger partial charge on any atom is 0.238 e. The first-order valence-electron chi connectivity index (χ1n) is 6.34. The Morgan fingerprint density at radius 2 is 1.90 bits per heavy atom. The van der Waals surface area contributed by atoms with Crippen LogP contribution in [0.1, 0.15) is 32.3 Å². The van der Waals surface area contributed by atoms with E-state index in [0.29, 0.717) is 11.3 Å². The van der Waals surface area contributed by atoms with Crippen LogP contribution >= 0.6 is 11.6 Å². The molecule has 0 spiro atoms. The van der Waals surface area contributed by atoms with E-state index in [4.69, 9.17) is 16.7 Å². The second kappa shape index (κ2) is 6.56. The van der Waals surface area contributed by atoms with E-state index in [-0.39, 0.29) is 21.7 Å². The van der Waals surface area contributed by atoms with Gasteiger partial charge in [0, 0.05) is 5.92 Å². The second-order valence-electron chi connectivity index (χ2n) is 4.64. The molecule has 7 heteroatoms. The van der Waals surface area contributed by atoms with Crippen molar-refractivity contribution in [2.75, 3.05) is 5.32 Å². The predicted octanol–water partition coefficient (Wildman–Crippen LogP) is 2.67. The molecule has 1 aromatic carbocycles. The third-order valence-electron chi connectivity index (χ3n) is 3.19. The maximum absolute atomic E-state index is 12.0. The van der Waals surface area contributed by atoms with Gasteiger partial charge in [0.05, 0.1) is 15.6 Å². The smallest absolute Gasteiger partial charge is 0.238 e. The summed E-state index contributed by atoms with van der Waals surface area (Å²) in [4.78, 5) is 12.0. The van der Waals surface area contributed by atoms with Crippen molar-refractivity contribution in [2.24, 2.45) is 11.1 Å². The highest BCUT2D eigenvalue weighted by Crippen LogP contribution is 2.29. The first-order valence-corrected chi connectivity index (χ1v) is 8.26. The molecule has 0 fully saturated rings. The van der Waals surface area contributed by atoms with Crippen LogP contribution in [0.2, 0.25) is 5.02 Å². The summed E-state index contributed by atoms with van der Waals surface area (Å²) in [6.45, 7) is 5.54. The Bertz CT molecular complexity index is 587. The number of hydrogen-bond acceptors (Lipinski definition) is 3. The molecular weight excluding hydrogens is 300 g/mol. The summed E-state index contributed by atoms with van der Waals surface area (Å²) >= 11 is 6.04. The summed E-state index contributed by atoms with van der Waals surface area (Å²) in [5, 5.41) is 7.98. The molecule has 20 heavy (non-hydrogen) atoms. The van der Waals surface area contributed by atoms with Crippen molar-refractivity contribution in [3.63, 3.8) is 0 Å². The SMILES string of the molecule is CCC(CC)C(=O)Nc1c(C)cc(S(N)(=O)=O)cc1Cl. The quantitative estimate of drug-likeness (QED) is 0.874. The van der Waals surface area contributed by atoms with Gasteiger partial charge in [-0.1, -0.05) is 25.4 Å². The van der Waals surface area contributed by atoms with Crippen molar-refractivity contribution in [1.82, 2.24) is 0 Å². The van der Waals surface area contributed by atoms with Gasteiger partial charge in [0.15, 0.2) is 0 Å². The van der Waals surface area contributed by atoms with Crippen molar-refractivity contribution in [3.05, 3.63) is 22.7 Å². The van der Waals surface area contributed by atoms with Crippen molar-refractivity contribution in [3.8, 4) is 0 Å². The van der Waals surface area contributed by atoms with Crippen LogP contribution < -0.4 is 10.5 Å². The second-order valence-corrected chi connectivity index (χ2v) is 6.61. The highest BCUT2D eigenvalue weighted by Gasteiger charge is 2.18. The molecule has 1 amide bonds. The van der Waals surface area contributed by atoms with Crippen molar-refractivity contribution in [2.45, 2.75) is 38.5 Å². The molecule has 0 aromatic heterocycles. The van der Waals surface area contributed by atoms with Gasteiger partial charge in [-0.25, -0.2) is 13.6 Å². The van der Waals surface area contributed by atoms with Gasteiger partial charge in [0.1, 0.15) is 0 Å². The Balaban J connectivity index is 3.13. The first-order chi connectivity index (χ1) is 9.20. The number of sulfonamides is 1. The summed E-state index contributed by atoms with van der Waals surface area (Å²) in [6.07, 6.45) is 1.46. The number of nitrogens with one attached hydrogen (secondary N) is 1. The molecule has 112 valence electrons. The van der Waals surface area contributed by atoms with Gasteiger partial charge < -0.3 is 5.32 Å². The first kappa shape index (κ1) is 16.9. The van der Waals surface area contributed by atoms with E-state index in [1.54, 1.807) is 6.92 Å². The number of rotatable bonds is 5. The molecule has 0 aliphatic heterocycles. The summed E-state index contributed by atoms with van der Waals surface area (Å²) in [5.74, 6) is -0.216. The zero-order valence-corrected chi connectivity index (χ0v) is 13.3. The highest BCUT2D eigenvalue weighted by atomic mass is 35.5. The molecule has 0 heterocycles. The van der Waals surface area contributed by atoms with E-state index in [1.807, 2.05) is 13.8 Å². The van der Waals surface area contributed by atoms with Gasteiger partial charge in [-0.2, -0.15) is 0 Å². The number of hydrogen-bond donors (Lipinski definition) is 2. The molecule has 3 N–H and O–H groups in total. The third kappa shape index (κ3) is 3.94. The Kier molecular flexibility index (Phi) is 5.56. The monoisotopic (exact) mass is 318 g/mol. The standard InChI is InChI=1S/C13H19ClN2O3S/c1-4-9(5-2)13(17)16-12-8(3)6-10(7-11(12)14)20(15,18)19/h6-7,9H,4-5H2,1-3H3,(H,16,17)(H2,15,18,19). The Hall–Kier alpha value is -1.11. The zero-order valence-electron chi connectivity index (χ0n) is 11.7. The molecule has 0 radical (unpaired) electrons. The van der Waals surface area contributed by atoms with E-state index in [0.717, 1.165) is 12.8 Å². The number of benzene rings is 1. The molecule has 0 bridgehead atoms. The van der Waals surface area contributed by atoms with Crippen molar-refractivity contribution in [1.29, 1.82) is 0 Å². The van der Waals surface area contributed by atoms with Gasteiger partial charge in [0.25, 0.3) is 0 Å². The van der Waals surface area contributed by atoms with E-state index >= 15 is 0 Å². The molecule has 0 saturated heterocycles. The maximum atomic E-state index is 12.0. The molecule has 1 aromatic rings. The van der Waals surface area contributed by atoms with Crippen LogP contribution in [0.5, 0.6) is 0 Å². The van der Waals surface area contributed by atoms with Gasteiger partial charge in [0.2, 0.25) is 15.9 Å². The summed E-state index contributed by atoms with van der Waals surface area (Å²) in [6, 6.07) is 2.64. The number of anilines is 1. The number of primary sulfonamides is 1. The van der Waals surface area contributed by atoms with E-state index < -0.39 is 10.0 Å². The summed E-state index contributed by atoms with van der Waals surface area (Å²) in [7, 11) is -3.82. The largest absolute Gasteiger partial charge is 0.324 e. The van der Waals surface area contributed by atoms with E-state index in [2.05, 4.69) is 5.32 Å². The van der Waals surface area contributed by atoms with Crippen LogP contribution in [-0.2, 0) is 14.8 Å². The lowest BCUT2D eigenvalue weighted by Gasteiger charge is -2.16. The number of carbonyl (C=O) groups excluding carboxylic acids is 1. The van der Waals surface area contributed by atoms with E-state index in [9.17, 15) is 13.2 Å². The van der Waals surface area contributed by atoms with Crippen molar-refractivity contribution >= 4 is 33.2 Å². The molecule has 0 aliphatic rings. The lowest BCUT2D eigenvalue weighted by molar-refractivity contribution is -0.120. The van der Waals surface area contributed by atoms with Gasteiger partial charge in [-0.15, -0.1) is 0 Å². The molecule has 0 saturated carbocycles. The van der Waals surface area contributed by atoms with Crippen LogP contribution in [0.3, 0.4) is 0 Å². The molecule has 0 atom stereocenters. The molecule has 1 rings (SSSR count). The highest BCUT2D eigenvalue weighted by molar-refractivity contribution is 7.89. The van der Waals surface area contributed by atoms with Gasteiger partial charge in [-0.05, 0) is 37.5 Å². The lowest BCUT2D eigenvalue weighted by Crippen LogP contribution is -2.22. The number of nitrogens with two attached hydrogens (primary N) is 1. The number of aryl methyl sites for hydroxylation is 1. The van der Waals surface area contributed by atoms with Crippen LogP contribution in [0.4, 0.5) is 5.69 Å². The minimum Gasteiger partial charge on any atom is -0.324 e. The van der Waals surface area contributed by atoms with Crippen molar-refractivity contribution < 1.29 is 13.2 Å². The Morgan fingerprint density at radius 1 is 1.35 bits per heavy atom. The van der Waals surface area contributed by atoms with Gasteiger partial charge >= 0.3 is 0 Å². The molecule has 0 unspecified atom stereocenters. The van der Waals surface area contributed by atoms with Crippen LogP contribution in [0, 0.1) is 12.8 Å². The fourth-order valence-corrected chi connectivity index (χ4v) is 2.92. The Morgan fingerprint density at radius 3 is 2.30 bits per heavy atom. The average molecular weight is 319 g/mol. The Labute approximate surface area is 124 Å². The average Bonchev–Trinajstić information content (AvgIpc) is 2.33. The minimum atomic E-state index is -3.82. The molecule has 5 nitrogen and oxygen atoms in total. The summed E-state index contributed by atoms with van der Waals surface area (Å²) < 4.78 is 22.6. The normalized spacial score (nSPS) is 11.7. The topological polar surface area (TPSA) is 89.3 Å². The summed E-state index contributed by atoms with van der Waals surface area (Å²) in [5.41, 5.74) is 0.983. The molecule has 0 aliphatic carbocycles. The van der Waals surface area contributed by atoms with Crippen LogP contribution in [-0.4, -0.2) is 14.3 Å². The van der Waals surface area contributed by atoms with E-state index in [1.165, 1.54) is 12.1 Å². The van der Waals surface area contributed by atoms with Crippen LogP contribution in [0.15, 0.2) is 17.0 Å². The van der Waals surface area contributed by atoms with Gasteiger partial charge in [-0.3, -0.25) is 4.79 Å².